The summed E-state index contributed by atoms with van der Waals surface area (Å²) in [6, 6.07) is 13.5. The highest BCUT2D eigenvalue weighted by Gasteiger charge is 2.30. The van der Waals surface area contributed by atoms with Crippen LogP contribution in [0.3, 0.4) is 0 Å². The molecule has 1 aromatic heterocycles. The maximum Gasteiger partial charge on any atom is 0.416 e. The number of nitrogens with zero attached hydrogens (tertiary/aromatic N) is 1. The van der Waals surface area contributed by atoms with Crippen LogP contribution in [0.2, 0.25) is 0 Å². The molecule has 0 radical (unpaired) electrons. The monoisotopic (exact) mass is 390 g/mol. The second-order valence-corrected chi connectivity index (χ2v) is 5.88. The Bertz CT molecular complexity index is 992. The van der Waals surface area contributed by atoms with Gasteiger partial charge in [-0.25, -0.2) is 9.82 Å². The first kappa shape index (κ1) is 19.3. The van der Waals surface area contributed by atoms with Crippen LogP contribution in [0.1, 0.15) is 16.9 Å². The van der Waals surface area contributed by atoms with Crippen LogP contribution in [0.5, 0.6) is 0 Å². The van der Waals surface area contributed by atoms with Crippen molar-refractivity contribution in [2.75, 3.05) is 0 Å². The predicted octanol–water partition coefficient (Wildman–Crippen LogP) is 4.80. The first-order valence-electron chi connectivity index (χ1n) is 8.15. The van der Waals surface area contributed by atoms with Gasteiger partial charge in [0.1, 0.15) is 17.3 Å². The fourth-order valence-electron chi connectivity index (χ4n) is 2.44. The molecule has 144 valence electrons. The molecule has 0 aliphatic rings. The van der Waals surface area contributed by atoms with E-state index in [0.29, 0.717) is 17.1 Å². The Balaban J connectivity index is 1.58. The molecule has 0 fully saturated rings. The number of amides is 1. The van der Waals surface area contributed by atoms with E-state index in [1.807, 2.05) is 0 Å². The summed E-state index contributed by atoms with van der Waals surface area (Å²) in [6.45, 7) is 0. The number of carbonyl (C=O) groups excluding carboxylic acids is 1. The first-order chi connectivity index (χ1) is 13.3. The van der Waals surface area contributed by atoms with Gasteiger partial charge >= 0.3 is 6.18 Å². The molecule has 2 aromatic carbocycles. The topological polar surface area (TPSA) is 54.6 Å². The molecule has 0 aliphatic carbocycles. The highest BCUT2D eigenvalue weighted by atomic mass is 19.4. The van der Waals surface area contributed by atoms with E-state index in [0.717, 1.165) is 12.1 Å². The lowest BCUT2D eigenvalue weighted by Gasteiger charge is -2.08. The Morgan fingerprint density at radius 1 is 1.07 bits per heavy atom. The molecule has 3 rings (SSSR count). The van der Waals surface area contributed by atoms with E-state index in [4.69, 9.17) is 4.42 Å². The molecule has 8 heteroatoms. The third-order valence-electron chi connectivity index (χ3n) is 3.76. The fraction of sp³-hybridized carbons (Fsp3) is 0.100. The summed E-state index contributed by atoms with van der Waals surface area (Å²) in [6.07, 6.45) is -3.45. The maximum absolute atomic E-state index is 12.9. The smallest absolute Gasteiger partial charge is 0.416 e. The van der Waals surface area contributed by atoms with E-state index in [2.05, 4.69) is 10.5 Å². The van der Waals surface area contributed by atoms with Gasteiger partial charge < -0.3 is 4.42 Å². The minimum absolute atomic E-state index is 0.221. The van der Waals surface area contributed by atoms with Crippen LogP contribution < -0.4 is 5.43 Å². The van der Waals surface area contributed by atoms with Gasteiger partial charge in [-0.15, -0.1) is 0 Å². The molecule has 28 heavy (non-hydrogen) atoms. The lowest BCUT2D eigenvalue weighted by Crippen LogP contribution is -2.20. The van der Waals surface area contributed by atoms with Gasteiger partial charge in [0.15, 0.2) is 0 Å². The molecule has 3 aromatic rings. The average Bonchev–Trinajstić information content (AvgIpc) is 3.11. The Hall–Kier alpha value is -3.42. The Morgan fingerprint density at radius 3 is 2.54 bits per heavy atom. The molecule has 0 bridgehead atoms. The summed E-state index contributed by atoms with van der Waals surface area (Å²) in [7, 11) is 0. The molecule has 1 amide bonds. The lowest BCUT2D eigenvalue weighted by molar-refractivity contribution is -0.137. The number of halogens is 4. The van der Waals surface area contributed by atoms with Crippen molar-refractivity contribution in [3.63, 3.8) is 0 Å². The van der Waals surface area contributed by atoms with Crippen LogP contribution in [-0.4, -0.2) is 12.1 Å². The van der Waals surface area contributed by atoms with Crippen molar-refractivity contribution in [2.24, 2.45) is 5.10 Å². The third-order valence-corrected chi connectivity index (χ3v) is 3.76. The van der Waals surface area contributed by atoms with Crippen LogP contribution in [0, 0.1) is 5.82 Å². The summed E-state index contributed by atoms with van der Waals surface area (Å²) < 4.78 is 56.5. The number of carbonyl (C=O) groups is 1. The van der Waals surface area contributed by atoms with Crippen LogP contribution in [0.4, 0.5) is 17.6 Å². The summed E-state index contributed by atoms with van der Waals surface area (Å²) in [4.78, 5) is 11.9. The lowest BCUT2D eigenvalue weighted by atomic mass is 10.1. The first-order valence-corrected chi connectivity index (χ1v) is 8.15. The second-order valence-electron chi connectivity index (χ2n) is 5.88. The van der Waals surface area contributed by atoms with Crippen LogP contribution >= 0.6 is 0 Å². The molecule has 0 aliphatic heterocycles. The minimum Gasteiger partial charge on any atom is -0.455 e. The van der Waals surface area contributed by atoms with Crippen molar-refractivity contribution in [3.8, 4) is 11.3 Å². The van der Waals surface area contributed by atoms with E-state index >= 15 is 0 Å². The number of hydrazone groups is 1. The van der Waals surface area contributed by atoms with Crippen molar-refractivity contribution in [2.45, 2.75) is 12.6 Å². The number of nitrogens with one attached hydrogen (secondary N) is 1. The molecular formula is C20H14F4N2O2. The summed E-state index contributed by atoms with van der Waals surface area (Å²) >= 11 is 0. The zero-order valence-corrected chi connectivity index (χ0v) is 14.3. The quantitative estimate of drug-likeness (QED) is 0.387. The molecule has 0 spiro atoms. The number of hydrogen-bond acceptors (Lipinski definition) is 3. The van der Waals surface area contributed by atoms with Gasteiger partial charge in [-0.05, 0) is 48.0 Å². The molecule has 1 N–H and O–H groups in total. The second kappa shape index (κ2) is 8.08. The normalized spacial score (nSPS) is 11.7. The summed E-state index contributed by atoms with van der Waals surface area (Å²) in [5.41, 5.74) is 2.32. The zero-order valence-electron chi connectivity index (χ0n) is 14.3. The fourth-order valence-corrected chi connectivity index (χ4v) is 2.44. The molecule has 0 saturated carbocycles. The summed E-state index contributed by atoms with van der Waals surface area (Å²) in [5.74, 6) is -0.0862. The number of alkyl halides is 3. The van der Waals surface area contributed by atoms with Gasteiger partial charge in [-0.2, -0.15) is 18.3 Å². The molecule has 0 saturated heterocycles. The van der Waals surface area contributed by atoms with Crippen LogP contribution in [-0.2, 0) is 17.4 Å². The van der Waals surface area contributed by atoms with Crippen molar-refractivity contribution in [1.29, 1.82) is 0 Å². The van der Waals surface area contributed by atoms with E-state index in [9.17, 15) is 22.4 Å². The molecular weight excluding hydrogens is 376 g/mol. The molecule has 4 nitrogen and oxygen atoms in total. The van der Waals surface area contributed by atoms with Gasteiger partial charge in [0.2, 0.25) is 5.91 Å². The number of hydrogen-bond donors (Lipinski definition) is 1. The van der Waals surface area contributed by atoms with Gasteiger partial charge in [-0.3, -0.25) is 4.79 Å². The highest BCUT2D eigenvalue weighted by molar-refractivity contribution is 5.82. The van der Waals surface area contributed by atoms with E-state index in [1.165, 1.54) is 30.5 Å². The van der Waals surface area contributed by atoms with Gasteiger partial charge in [-0.1, -0.05) is 18.2 Å². The van der Waals surface area contributed by atoms with E-state index in [1.54, 1.807) is 24.3 Å². The summed E-state index contributed by atoms with van der Waals surface area (Å²) in [5, 5.41) is 3.73. The Morgan fingerprint density at radius 2 is 1.82 bits per heavy atom. The Kier molecular flexibility index (Phi) is 5.58. The zero-order chi connectivity index (χ0) is 20.1. The molecule has 0 atom stereocenters. The Labute approximate surface area is 157 Å². The number of benzene rings is 2. The predicted molar refractivity (Wildman–Crippen MR) is 95.0 cm³/mol. The van der Waals surface area contributed by atoms with Crippen molar-refractivity contribution in [1.82, 2.24) is 5.43 Å². The van der Waals surface area contributed by atoms with Gasteiger partial charge in [0.05, 0.1) is 18.2 Å². The largest absolute Gasteiger partial charge is 0.455 e. The van der Waals surface area contributed by atoms with Crippen molar-refractivity contribution in [3.05, 3.63) is 83.4 Å². The maximum atomic E-state index is 12.9. The SMILES string of the molecule is O=C(Cc1cccc(C(F)(F)F)c1)N/N=C\c1ccc(-c2ccc(F)cc2)o1. The standard InChI is InChI=1S/C20H14F4N2O2/c21-16-6-4-14(5-7-16)18-9-8-17(28-18)12-25-26-19(27)11-13-2-1-3-15(10-13)20(22,23)24/h1-10,12H,11H2,(H,26,27)/b25-12-. The average molecular weight is 390 g/mol. The number of furan rings is 1. The molecule has 1 heterocycles. The van der Waals surface area contributed by atoms with Crippen molar-refractivity contribution < 1.29 is 26.8 Å². The number of rotatable bonds is 5. The highest BCUT2D eigenvalue weighted by Crippen LogP contribution is 2.29. The molecule has 0 unspecified atom stereocenters. The third kappa shape index (κ3) is 5.06. The minimum atomic E-state index is -4.47. The van der Waals surface area contributed by atoms with Crippen molar-refractivity contribution >= 4 is 12.1 Å². The van der Waals surface area contributed by atoms with E-state index < -0.39 is 17.6 Å². The van der Waals surface area contributed by atoms with Gasteiger partial charge in [0.25, 0.3) is 0 Å². The van der Waals surface area contributed by atoms with Crippen LogP contribution in [0.15, 0.2) is 70.2 Å². The van der Waals surface area contributed by atoms with Crippen LogP contribution in [0.25, 0.3) is 11.3 Å². The van der Waals surface area contributed by atoms with E-state index in [-0.39, 0.29) is 17.8 Å². The van der Waals surface area contributed by atoms with Gasteiger partial charge in [0, 0.05) is 5.56 Å².